The highest BCUT2D eigenvalue weighted by atomic mass is 16.5. The molecule has 100 valence electrons. The van der Waals surface area contributed by atoms with Crippen LogP contribution < -0.4 is 16.2 Å². The molecule has 2 aromatic carbocycles. The van der Waals surface area contributed by atoms with E-state index in [0.717, 1.165) is 29.0 Å². The lowest BCUT2D eigenvalue weighted by Crippen LogP contribution is -2.03. The molecule has 0 heterocycles. The van der Waals surface area contributed by atoms with Gasteiger partial charge in [-0.25, -0.2) is 0 Å². The fourth-order valence-electron chi connectivity index (χ4n) is 2.22. The van der Waals surface area contributed by atoms with Gasteiger partial charge in [-0.3, -0.25) is 0 Å². The van der Waals surface area contributed by atoms with Gasteiger partial charge >= 0.3 is 0 Å². The Hall–Kier alpha value is -2.00. The van der Waals surface area contributed by atoms with Gasteiger partial charge in [0.2, 0.25) is 0 Å². The molecular weight excluding hydrogens is 236 g/mol. The molecule has 0 atom stereocenters. The minimum Gasteiger partial charge on any atom is -0.496 e. The van der Waals surface area contributed by atoms with Crippen LogP contribution in [0.1, 0.15) is 11.1 Å². The molecule has 0 spiro atoms. The molecule has 3 nitrogen and oxygen atoms in total. The monoisotopic (exact) mass is 256 g/mol. The summed E-state index contributed by atoms with van der Waals surface area (Å²) < 4.78 is 5.46. The summed E-state index contributed by atoms with van der Waals surface area (Å²) in [6.45, 7) is 2.71. The summed E-state index contributed by atoms with van der Waals surface area (Å²) in [5.74, 6) is 0.856. The zero-order valence-corrected chi connectivity index (χ0v) is 11.4. The van der Waals surface area contributed by atoms with Crippen molar-refractivity contribution in [1.29, 1.82) is 0 Å². The molecule has 0 aliphatic heterocycles. The Kier molecular flexibility index (Phi) is 4.07. The van der Waals surface area contributed by atoms with Crippen LogP contribution in [0, 0.1) is 6.92 Å². The molecule has 0 saturated heterocycles. The van der Waals surface area contributed by atoms with Crippen LogP contribution in [0.4, 0.5) is 5.69 Å². The highest BCUT2D eigenvalue weighted by Crippen LogP contribution is 2.34. The summed E-state index contributed by atoms with van der Waals surface area (Å²) in [6, 6.07) is 12.1. The van der Waals surface area contributed by atoms with Gasteiger partial charge in [0.25, 0.3) is 0 Å². The maximum Gasteiger partial charge on any atom is 0.126 e. The van der Waals surface area contributed by atoms with Gasteiger partial charge in [0.1, 0.15) is 5.75 Å². The fourth-order valence-corrected chi connectivity index (χ4v) is 2.22. The maximum atomic E-state index is 5.89. The molecule has 4 N–H and O–H groups in total. The van der Waals surface area contributed by atoms with Crippen molar-refractivity contribution < 1.29 is 4.74 Å². The first-order valence-electron chi connectivity index (χ1n) is 6.39. The summed E-state index contributed by atoms with van der Waals surface area (Å²) in [4.78, 5) is 0. The molecule has 19 heavy (non-hydrogen) atoms. The molecular formula is C16H20N2O. The van der Waals surface area contributed by atoms with Crippen molar-refractivity contribution in [2.24, 2.45) is 5.73 Å². The Labute approximate surface area is 114 Å². The first-order valence-corrected chi connectivity index (χ1v) is 6.39. The van der Waals surface area contributed by atoms with Crippen molar-refractivity contribution in [2.45, 2.75) is 13.3 Å². The van der Waals surface area contributed by atoms with E-state index in [1.807, 2.05) is 24.3 Å². The van der Waals surface area contributed by atoms with Crippen LogP contribution in [0.25, 0.3) is 11.1 Å². The van der Waals surface area contributed by atoms with Crippen molar-refractivity contribution in [3.05, 3.63) is 47.5 Å². The number of anilines is 1. The second-order valence-corrected chi connectivity index (χ2v) is 4.65. The number of hydrogen-bond donors (Lipinski definition) is 2. The Morgan fingerprint density at radius 3 is 2.53 bits per heavy atom. The molecule has 0 aromatic heterocycles. The third-order valence-corrected chi connectivity index (χ3v) is 3.25. The molecule has 2 rings (SSSR count). The van der Waals surface area contributed by atoms with Crippen LogP contribution in [-0.2, 0) is 6.42 Å². The van der Waals surface area contributed by atoms with Gasteiger partial charge in [0.05, 0.1) is 7.11 Å². The number of nitrogens with two attached hydrogens (primary N) is 2. The van der Waals surface area contributed by atoms with Gasteiger partial charge in [0, 0.05) is 11.3 Å². The lowest BCUT2D eigenvalue weighted by atomic mass is 9.96. The van der Waals surface area contributed by atoms with Crippen molar-refractivity contribution in [3.63, 3.8) is 0 Å². The first-order chi connectivity index (χ1) is 9.15. The average molecular weight is 256 g/mol. The second-order valence-electron chi connectivity index (χ2n) is 4.65. The van der Waals surface area contributed by atoms with E-state index in [4.69, 9.17) is 16.2 Å². The minimum atomic E-state index is 0.641. The van der Waals surface area contributed by atoms with E-state index in [0.29, 0.717) is 6.54 Å². The first kappa shape index (κ1) is 13.4. The molecule has 0 fully saturated rings. The highest BCUT2D eigenvalue weighted by molar-refractivity contribution is 5.76. The fraction of sp³-hybridized carbons (Fsp3) is 0.250. The summed E-state index contributed by atoms with van der Waals surface area (Å²) in [5, 5.41) is 0. The van der Waals surface area contributed by atoms with Gasteiger partial charge < -0.3 is 16.2 Å². The number of nitrogen functional groups attached to an aromatic ring is 1. The standard InChI is InChI=1S/C16H20N2O/c1-11-3-5-13(18)10-14(11)15-9-12(7-8-17)4-6-16(15)19-2/h3-6,9-10H,7-8,17-18H2,1-2H3. The van der Waals surface area contributed by atoms with Gasteiger partial charge in [-0.05, 0) is 60.8 Å². The Bertz CT molecular complexity index is 579. The van der Waals surface area contributed by atoms with E-state index in [1.54, 1.807) is 7.11 Å². The number of aryl methyl sites for hydroxylation is 1. The van der Waals surface area contributed by atoms with Crippen LogP contribution in [0.3, 0.4) is 0 Å². The maximum absolute atomic E-state index is 5.89. The van der Waals surface area contributed by atoms with E-state index >= 15 is 0 Å². The normalized spacial score (nSPS) is 10.5. The molecule has 0 amide bonds. The lowest BCUT2D eigenvalue weighted by molar-refractivity contribution is 0.416. The van der Waals surface area contributed by atoms with E-state index in [1.165, 1.54) is 11.1 Å². The van der Waals surface area contributed by atoms with Gasteiger partial charge in [-0.15, -0.1) is 0 Å². The summed E-state index contributed by atoms with van der Waals surface area (Å²) in [6.07, 6.45) is 0.859. The Morgan fingerprint density at radius 1 is 1.05 bits per heavy atom. The third kappa shape index (κ3) is 2.88. The predicted octanol–water partition coefficient (Wildman–Crippen LogP) is 2.75. The zero-order chi connectivity index (χ0) is 13.8. The zero-order valence-electron chi connectivity index (χ0n) is 11.4. The second kappa shape index (κ2) is 5.76. The lowest BCUT2D eigenvalue weighted by Gasteiger charge is -2.13. The van der Waals surface area contributed by atoms with Gasteiger partial charge in [-0.1, -0.05) is 12.1 Å². The number of benzene rings is 2. The minimum absolute atomic E-state index is 0.641. The molecule has 0 radical (unpaired) electrons. The summed E-state index contributed by atoms with van der Waals surface area (Å²) in [5.41, 5.74) is 16.8. The molecule has 0 saturated carbocycles. The third-order valence-electron chi connectivity index (χ3n) is 3.25. The van der Waals surface area contributed by atoms with E-state index in [2.05, 4.69) is 19.1 Å². The number of rotatable bonds is 4. The highest BCUT2D eigenvalue weighted by Gasteiger charge is 2.10. The largest absolute Gasteiger partial charge is 0.496 e. The average Bonchev–Trinajstić information content (AvgIpc) is 2.42. The van der Waals surface area contributed by atoms with Crippen LogP contribution in [0.5, 0.6) is 5.75 Å². The van der Waals surface area contributed by atoms with E-state index in [9.17, 15) is 0 Å². The molecule has 0 aliphatic carbocycles. The Morgan fingerprint density at radius 2 is 1.84 bits per heavy atom. The van der Waals surface area contributed by atoms with Crippen LogP contribution >= 0.6 is 0 Å². The Balaban J connectivity index is 2.58. The van der Waals surface area contributed by atoms with Crippen molar-refractivity contribution in [2.75, 3.05) is 19.4 Å². The van der Waals surface area contributed by atoms with Gasteiger partial charge in [0.15, 0.2) is 0 Å². The van der Waals surface area contributed by atoms with Crippen LogP contribution in [-0.4, -0.2) is 13.7 Å². The molecule has 3 heteroatoms. The van der Waals surface area contributed by atoms with E-state index in [-0.39, 0.29) is 0 Å². The number of methoxy groups -OCH3 is 1. The smallest absolute Gasteiger partial charge is 0.126 e. The van der Waals surface area contributed by atoms with Gasteiger partial charge in [-0.2, -0.15) is 0 Å². The predicted molar refractivity (Wildman–Crippen MR) is 80.3 cm³/mol. The SMILES string of the molecule is COc1ccc(CCN)cc1-c1cc(N)ccc1C. The van der Waals surface area contributed by atoms with Crippen molar-refractivity contribution >= 4 is 5.69 Å². The molecule has 0 unspecified atom stereocenters. The van der Waals surface area contributed by atoms with E-state index < -0.39 is 0 Å². The summed E-state index contributed by atoms with van der Waals surface area (Å²) >= 11 is 0. The summed E-state index contributed by atoms with van der Waals surface area (Å²) in [7, 11) is 1.68. The number of hydrogen-bond acceptors (Lipinski definition) is 3. The van der Waals surface area contributed by atoms with Crippen LogP contribution in [0.2, 0.25) is 0 Å². The molecule has 0 aliphatic rings. The molecule has 0 bridgehead atoms. The quantitative estimate of drug-likeness (QED) is 0.827. The van der Waals surface area contributed by atoms with Crippen LogP contribution in [0.15, 0.2) is 36.4 Å². The topological polar surface area (TPSA) is 61.3 Å². The van der Waals surface area contributed by atoms with Crippen molar-refractivity contribution in [1.82, 2.24) is 0 Å². The number of ether oxygens (including phenoxy) is 1. The van der Waals surface area contributed by atoms with Crippen molar-refractivity contribution in [3.8, 4) is 16.9 Å². The molecule has 2 aromatic rings.